The highest BCUT2D eigenvalue weighted by Crippen LogP contribution is 2.42. The highest BCUT2D eigenvalue weighted by Gasteiger charge is 2.41. The zero-order chi connectivity index (χ0) is 16.8. The molecule has 1 aromatic rings. The van der Waals surface area contributed by atoms with Crippen LogP contribution in [0.4, 0.5) is 0 Å². The molecule has 142 valence electrons. The van der Waals surface area contributed by atoms with Crippen LogP contribution >= 0.6 is 12.4 Å². The first kappa shape index (κ1) is 20.7. The molecule has 3 atom stereocenters. The van der Waals surface area contributed by atoms with E-state index in [0.29, 0.717) is 18.6 Å². The lowest BCUT2D eigenvalue weighted by Crippen LogP contribution is -2.26. The average molecular weight is 366 g/mol. The number of hydrogen-bond donors (Lipinski definition) is 1. The Morgan fingerprint density at radius 1 is 1.00 bits per heavy atom. The minimum atomic E-state index is 0. The maximum Gasteiger partial charge on any atom is 0.0472 e. The molecular formula is C22H36ClNO. The zero-order valence-electron chi connectivity index (χ0n) is 15.8. The Balaban J connectivity index is 0.00000225. The summed E-state index contributed by atoms with van der Waals surface area (Å²) >= 11 is 0. The summed E-state index contributed by atoms with van der Waals surface area (Å²) in [6, 6.07) is 10.8. The fraction of sp³-hybridized carbons (Fsp3) is 0.727. The number of aliphatic hydroxyl groups is 1. The van der Waals surface area contributed by atoms with Gasteiger partial charge in [-0.25, -0.2) is 0 Å². The molecule has 3 rings (SSSR count). The van der Waals surface area contributed by atoms with Crippen molar-refractivity contribution < 1.29 is 5.11 Å². The van der Waals surface area contributed by atoms with Gasteiger partial charge in [-0.15, -0.1) is 12.4 Å². The van der Waals surface area contributed by atoms with Crippen LogP contribution in [0.1, 0.15) is 81.9 Å². The van der Waals surface area contributed by atoms with Crippen molar-refractivity contribution in [2.24, 2.45) is 5.92 Å². The van der Waals surface area contributed by atoms with Crippen molar-refractivity contribution in [1.82, 2.24) is 4.90 Å². The maximum atomic E-state index is 9.44. The predicted octanol–water partition coefficient (Wildman–Crippen LogP) is 5.53. The fourth-order valence-corrected chi connectivity index (χ4v) is 4.73. The van der Waals surface area contributed by atoms with E-state index in [1.165, 1.54) is 75.3 Å². The van der Waals surface area contributed by atoms with E-state index in [2.05, 4.69) is 36.1 Å². The molecule has 0 saturated carbocycles. The number of fused-ring (bicyclic) bond motifs is 1. The van der Waals surface area contributed by atoms with Gasteiger partial charge in [0, 0.05) is 25.2 Å². The zero-order valence-corrected chi connectivity index (χ0v) is 16.6. The summed E-state index contributed by atoms with van der Waals surface area (Å²) in [7, 11) is 0. The minimum Gasteiger partial charge on any atom is -0.396 e. The summed E-state index contributed by atoms with van der Waals surface area (Å²) < 4.78 is 0. The topological polar surface area (TPSA) is 23.5 Å². The first-order valence-electron chi connectivity index (χ1n) is 10.3. The van der Waals surface area contributed by atoms with E-state index in [-0.39, 0.29) is 12.4 Å². The predicted molar refractivity (Wildman–Crippen MR) is 108 cm³/mol. The molecule has 2 nitrogen and oxygen atoms in total. The molecule has 0 radical (unpaired) electrons. The first-order valence-corrected chi connectivity index (χ1v) is 10.3. The van der Waals surface area contributed by atoms with Crippen LogP contribution in [0.2, 0.25) is 0 Å². The number of aliphatic hydroxyl groups excluding tert-OH is 1. The molecule has 0 aliphatic carbocycles. The number of hydrogen-bond acceptors (Lipinski definition) is 2. The van der Waals surface area contributed by atoms with Gasteiger partial charge in [-0.2, -0.15) is 0 Å². The van der Waals surface area contributed by atoms with Gasteiger partial charge in [-0.05, 0) is 49.1 Å². The molecule has 1 aromatic carbocycles. The number of nitrogens with zero attached hydrogens (tertiary/aromatic N) is 1. The summed E-state index contributed by atoms with van der Waals surface area (Å²) in [5, 5.41) is 9.44. The highest BCUT2D eigenvalue weighted by atomic mass is 35.5. The van der Waals surface area contributed by atoms with E-state index < -0.39 is 0 Å². The first-order chi connectivity index (χ1) is 11.8. The summed E-state index contributed by atoms with van der Waals surface area (Å²) in [6.07, 6.45) is 13.3. The lowest BCUT2D eigenvalue weighted by atomic mass is 9.98. The van der Waals surface area contributed by atoms with E-state index in [4.69, 9.17) is 0 Å². The Morgan fingerprint density at radius 3 is 2.44 bits per heavy atom. The number of aryl methyl sites for hydroxylation is 1. The smallest absolute Gasteiger partial charge is 0.0472 e. The molecule has 2 heterocycles. The number of benzene rings is 1. The van der Waals surface area contributed by atoms with E-state index in [1.807, 2.05) is 0 Å². The molecule has 0 unspecified atom stereocenters. The molecule has 2 saturated heterocycles. The van der Waals surface area contributed by atoms with Gasteiger partial charge in [0.25, 0.3) is 0 Å². The molecule has 0 spiro atoms. The third-order valence-electron chi connectivity index (χ3n) is 6.16. The van der Waals surface area contributed by atoms with Crippen LogP contribution in [0, 0.1) is 5.92 Å². The maximum absolute atomic E-state index is 9.44. The standard InChI is InChI=1S/C22H35NO.ClH/c1-2-3-4-5-6-7-8-18-9-11-20(12-10-18)22-14-13-21-15-19(17-24)16-23(21)22;/h9-12,19,21-22,24H,2-8,13-17H2,1H3;1H/t19-,21-,22-;/m0./s1. The Kier molecular flexibility index (Phi) is 8.75. The summed E-state index contributed by atoms with van der Waals surface area (Å²) in [5.41, 5.74) is 2.99. The quantitative estimate of drug-likeness (QED) is 0.581. The Bertz CT molecular complexity index is 489. The molecule has 2 aliphatic rings. The van der Waals surface area contributed by atoms with Crippen molar-refractivity contribution >= 4 is 12.4 Å². The molecule has 1 N–H and O–H groups in total. The third-order valence-corrected chi connectivity index (χ3v) is 6.16. The Morgan fingerprint density at radius 2 is 1.72 bits per heavy atom. The van der Waals surface area contributed by atoms with Crippen molar-refractivity contribution in [2.75, 3.05) is 13.2 Å². The number of rotatable bonds is 9. The second-order valence-electron chi connectivity index (χ2n) is 7.99. The van der Waals surface area contributed by atoms with Gasteiger partial charge in [-0.1, -0.05) is 63.3 Å². The average Bonchev–Trinajstić information content (AvgIpc) is 3.19. The van der Waals surface area contributed by atoms with Crippen molar-refractivity contribution in [3.8, 4) is 0 Å². The summed E-state index contributed by atoms with van der Waals surface area (Å²) in [5.74, 6) is 0.504. The van der Waals surface area contributed by atoms with Crippen molar-refractivity contribution in [3.05, 3.63) is 35.4 Å². The van der Waals surface area contributed by atoms with Gasteiger partial charge in [0.1, 0.15) is 0 Å². The second kappa shape index (κ2) is 10.5. The summed E-state index contributed by atoms with van der Waals surface area (Å²) in [6.45, 7) is 3.72. The van der Waals surface area contributed by atoms with E-state index in [1.54, 1.807) is 0 Å². The molecule has 0 aromatic heterocycles. The molecule has 25 heavy (non-hydrogen) atoms. The van der Waals surface area contributed by atoms with Crippen LogP contribution in [-0.2, 0) is 6.42 Å². The Labute approximate surface area is 160 Å². The van der Waals surface area contributed by atoms with Gasteiger partial charge in [0.15, 0.2) is 0 Å². The molecule has 2 aliphatic heterocycles. The largest absolute Gasteiger partial charge is 0.396 e. The Hall–Kier alpha value is -0.570. The van der Waals surface area contributed by atoms with E-state index >= 15 is 0 Å². The third kappa shape index (κ3) is 5.45. The van der Waals surface area contributed by atoms with E-state index in [9.17, 15) is 5.11 Å². The number of unbranched alkanes of at least 4 members (excludes halogenated alkanes) is 5. The van der Waals surface area contributed by atoms with Crippen molar-refractivity contribution in [1.29, 1.82) is 0 Å². The molecular weight excluding hydrogens is 330 g/mol. The second-order valence-corrected chi connectivity index (χ2v) is 7.99. The van der Waals surface area contributed by atoms with Crippen molar-refractivity contribution in [2.45, 2.75) is 83.2 Å². The monoisotopic (exact) mass is 365 g/mol. The van der Waals surface area contributed by atoms with Gasteiger partial charge >= 0.3 is 0 Å². The molecule has 2 fully saturated rings. The highest BCUT2D eigenvalue weighted by molar-refractivity contribution is 5.85. The normalized spacial score (nSPS) is 25.8. The minimum absolute atomic E-state index is 0. The van der Waals surface area contributed by atoms with E-state index in [0.717, 1.165) is 12.6 Å². The van der Waals surface area contributed by atoms with Crippen LogP contribution < -0.4 is 0 Å². The number of halogens is 1. The van der Waals surface area contributed by atoms with Crippen molar-refractivity contribution in [3.63, 3.8) is 0 Å². The van der Waals surface area contributed by atoms with Crippen LogP contribution in [-0.4, -0.2) is 29.2 Å². The molecule has 3 heteroatoms. The summed E-state index contributed by atoms with van der Waals surface area (Å²) in [4.78, 5) is 2.66. The van der Waals surface area contributed by atoms with Crippen LogP contribution in [0.5, 0.6) is 0 Å². The molecule has 0 amide bonds. The van der Waals surface area contributed by atoms with Gasteiger partial charge < -0.3 is 5.11 Å². The van der Waals surface area contributed by atoms with Gasteiger partial charge in [0.05, 0.1) is 0 Å². The van der Waals surface area contributed by atoms with Crippen LogP contribution in [0.15, 0.2) is 24.3 Å². The lowest BCUT2D eigenvalue weighted by molar-refractivity contribution is 0.204. The van der Waals surface area contributed by atoms with Gasteiger partial charge in [0.2, 0.25) is 0 Å². The SMILES string of the molecule is CCCCCCCCc1ccc([C@@H]2CC[C@H]3C[C@H](CO)CN32)cc1.Cl. The lowest BCUT2D eigenvalue weighted by Gasteiger charge is -2.24. The fourth-order valence-electron chi connectivity index (χ4n) is 4.73. The van der Waals surface area contributed by atoms with Crippen LogP contribution in [0.3, 0.4) is 0 Å². The molecule has 0 bridgehead atoms. The van der Waals surface area contributed by atoms with Gasteiger partial charge in [-0.3, -0.25) is 4.90 Å². The van der Waals surface area contributed by atoms with Crippen LogP contribution in [0.25, 0.3) is 0 Å².